The number of carbonyl (C=O) groups is 3. The molecule has 1 aliphatic rings. The highest BCUT2D eigenvalue weighted by Gasteiger charge is 2.24. The van der Waals surface area contributed by atoms with Gasteiger partial charge in [0.2, 0.25) is 5.91 Å². The minimum absolute atomic E-state index is 0.0407. The van der Waals surface area contributed by atoms with Gasteiger partial charge in [-0.2, -0.15) is 5.10 Å². The molecule has 2 aromatic rings. The Morgan fingerprint density at radius 3 is 2.60 bits per heavy atom. The van der Waals surface area contributed by atoms with Crippen LogP contribution in [0.25, 0.3) is 0 Å². The maximum Gasteiger partial charge on any atom is 0.237 e. The molecule has 0 bridgehead atoms. The van der Waals surface area contributed by atoms with Crippen molar-refractivity contribution in [3.8, 4) is 5.75 Å². The van der Waals surface area contributed by atoms with Gasteiger partial charge in [-0.25, -0.2) is 0 Å². The summed E-state index contributed by atoms with van der Waals surface area (Å²) in [6.45, 7) is 4.01. The molecule has 2 aromatic carbocycles. The predicted octanol–water partition coefficient (Wildman–Crippen LogP) is 1.83. The summed E-state index contributed by atoms with van der Waals surface area (Å²) in [6, 6.07) is 12.9. The van der Waals surface area contributed by atoms with Gasteiger partial charge in [0.05, 0.1) is 25.8 Å². The lowest BCUT2D eigenvalue weighted by molar-refractivity contribution is -0.126. The van der Waals surface area contributed by atoms with E-state index in [4.69, 9.17) is 15.3 Å². The molecular weight excluding hydrogens is 512 g/mol. The highest BCUT2D eigenvalue weighted by molar-refractivity contribution is 6.31. The number of likely N-dealkylation sites (N-methyl/N-ethyl adjacent to an activating group) is 2. The number of hydrazone groups is 1. The van der Waals surface area contributed by atoms with Crippen LogP contribution in [0.15, 0.2) is 52.6 Å². The minimum Gasteiger partial charge on any atom is -0.487 e. The largest absolute Gasteiger partial charge is 0.487 e. The van der Waals surface area contributed by atoms with Crippen LogP contribution in [0.3, 0.4) is 0 Å². The van der Waals surface area contributed by atoms with Crippen molar-refractivity contribution in [1.82, 2.24) is 10.2 Å². The highest BCUT2D eigenvalue weighted by atomic mass is 16.5. The number of anilines is 1. The van der Waals surface area contributed by atoms with Crippen molar-refractivity contribution in [2.45, 2.75) is 32.0 Å². The summed E-state index contributed by atoms with van der Waals surface area (Å²) in [5, 5.41) is 6.43. The third-order valence-corrected chi connectivity index (χ3v) is 6.71. The molecule has 1 unspecified atom stereocenters. The fourth-order valence-electron chi connectivity index (χ4n) is 4.45. The van der Waals surface area contributed by atoms with Crippen molar-refractivity contribution in [2.24, 2.45) is 15.9 Å². The molecule has 1 saturated heterocycles. The second kappa shape index (κ2) is 16.1. The molecule has 11 nitrogen and oxygen atoms in total. The summed E-state index contributed by atoms with van der Waals surface area (Å²) in [5.74, 6) is 5.85. The number of carbonyl (C=O) groups excluding carboxylic acids is 3. The molecule has 1 atom stereocenters. The predicted molar refractivity (Wildman–Crippen MR) is 155 cm³/mol. The van der Waals surface area contributed by atoms with Gasteiger partial charge in [0.1, 0.15) is 24.4 Å². The summed E-state index contributed by atoms with van der Waals surface area (Å²) in [6.07, 6.45) is 3.71. The van der Waals surface area contributed by atoms with Crippen LogP contribution in [-0.2, 0) is 27.4 Å². The van der Waals surface area contributed by atoms with Gasteiger partial charge in [0, 0.05) is 56.1 Å². The number of aliphatic imine (C=N–C) groups is 1. The standard InChI is InChI=1S/C29H38N6O5/c1-31-29(38)27(6-4-14-36)34(2)19-26-23(20-37)5-3-7-28(26)40-21-24(33-30)18-32-17-22-8-10-25(11-9-22)35-12-15-39-16-13-35/h3,5,7-11,14,18,20,27H,4,6,12-13,15-17,19,21,30H2,1-2H3,(H,31,38). The Morgan fingerprint density at radius 1 is 1.20 bits per heavy atom. The first-order valence-electron chi connectivity index (χ1n) is 13.2. The van der Waals surface area contributed by atoms with Crippen molar-refractivity contribution >= 4 is 36.1 Å². The Kier molecular flexibility index (Phi) is 12.3. The minimum atomic E-state index is -0.543. The van der Waals surface area contributed by atoms with Gasteiger partial charge < -0.3 is 30.3 Å². The first-order valence-corrected chi connectivity index (χ1v) is 13.2. The smallest absolute Gasteiger partial charge is 0.237 e. The van der Waals surface area contributed by atoms with E-state index in [1.807, 2.05) is 12.1 Å². The zero-order valence-electron chi connectivity index (χ0n) is 23.1. The fraction of sp³-hybridized carbons (Fsp3) is 0.414. The van der Waals surface area contributed by atoms with Crippen LogP contribution < -0.4 is 20.8 Å². The number of nitrogens with two attached hydrogens (primary N) is 1. The molecule has 0 spiro atoms. The Morgan fingerprint density at radius 2 is 1.95 bits per heavy atom. The van der Waals surface area contributed by atoms with E-state index in [1.54, 1.807) is 43.4 Å². The highest BCUT2D eigenvalue weighted by Crippen LogP contribution is 2.25. The quantitative estimate of drug-likeness (QED) is 0.148. The van der Waals surface area contributed by atoms with Crippen molar-refractivity contribution in [1.29, 1.82) is 0 Å². The normalized spacial score (nSPS) is 14.8. The van der Waals surface area contributed by atoms with E-state index in [2.05, 4.69) is 32.4 Å². The van der Waals surface area contributed by atoms with Crippen LogP contribution in [-0.4, -0.2) is 88.4 Å². The molecule has 0 aromatic heterocycles. The zero-order chi connectivity index (χ0) is 28.7. The summed E-state index contributed by atoms with van der Waals surface area (Å²) in [4.78, 5) is 43.7. The number of hydrogen-bond donors (Lipinski definition) is 2. The van der Waals surface area contributed by atoms with Crippen LogP contribution >= 0.6 is 0 Å². The molecule has 0 radical (unpaired) electrons. The van der Waals surface area contributed by atoms with E-state index in [9.17, 15) is 14.4 Å². The van der Waals surface area contributed by atoms with Crippen molar-refractivity contribution in [3.63, 3.8) is 0 Å². The SMILES string of the molecule is CNC(=O)C(CCC=O)N(C)Cc1c(C=O)cccc1OCC(C=NCc1ccc(N2CCOCC2)cc1)=NN. The van der Waals surface area contributed by atoms with E-state index in [0.29, 0.717) is 35.6 Å². The Balaban J connectivity index is 1.63. The van der Waals surface area contributed by atoms with Crippen LogP contribution in [0.5, 0.6) is 5.75 Å². The maximum atomic E-state index is 12.4. The molecule has 3 N–H and O–H groups in total. The van der Waals surface area contributed by atoms with E-state index in [1.165, 1.54) is 0 Å². The number of benzene rings is 2. The van der Waals surface area contributed by atoms with Gasteiger partial charge >= 0.3 is 0 Å². The van der Waals surface area contributed by atoms with E-state index < -0.39 is 6.04 Å². The van der Waals surface area contributed by atoms with Crippen molar-refractivity contribution in [2.75, 3.05) is 51.9 Å². The number of nitrogens with one attached hydrogen (secondary N) is 1. The summed E-state index contributed by atoms with van der Waals surface area (Å²) < 4.78 is 11.4. The molecule has 11 heteroatoms. The van der Waals surface area contributed by atoms with Gasteiger partial charge in [0.25, 0.3) is 0 Å². The second-order valence-electron chi connectivity index (χ2n) is 9.38. The average molecular weight is 551 g/mol. The monoisotopic (exact) mass is 550 g/mol. The first-order chi connectivity index (χ1) is 19.5. The molecular formula is C29H38N6O5. The third kappa shape index (κ3) is 8.72. The summed E-state index contributed by atoms with van der Waals surface area (Å²) >= 11 is 0. The zero-order valence-corrected chi connectivity index (χ0v) is 23.1. The van der Waals surface area contributed by atoms with Gasteiger partial charge in [-0.1, -0.05) is 24.3 Å². The number of aldehydes is 2. The molecule has 1 fully saturated rings. The van der Waals surface area contributed by atoms with Crippen molar-refractivity contribution in [3.05, 3.63) is 59.2 Å². The van der Waals surface area contributed by atoms with Crippen molar-refractivity contribution < 1.29 is 23.9 Å². The molecule has 3 rings (SSSR count). The topological polar surface area (TPSA) is 139 Å². The number of rotatable bonds is 15. The van der Waals surface area contributed by atoms with Crippen LogP contribution in [0.2, 0.25) is 0 Å². The Labute approximate surface area is 235 Å². The van der Waals surface area contributed by atoms with Crippen LogP contribution in [0, 0.1) is 0 Å². The number of ether oxygens (including phenoxy) is 2. The van der Waals surface area contributed by atoms with Gasteiger partial charge in [-0.3, -0.25) is 19.5 Å². The molecule has 1 amide bonds. The summed E-state index contributed by atoms with van der Waals surface area (Å²) in [5.41, 5.74) is 3.70. The number of morpholine rings is 1. The first kappa shape index (κ1) is 30.5. The van der Waals surface area contributed by atoms with Gasteiger partial charge in [-0.05, 0) is 37.2 Å². The van der Waals surface area contributed by atoms with E-state index in [0.717, 1.165) is 50.1 Å². The Hall–Kier alpha value is -4.09. The van der Waals surface area contributed by atoms with Crippen LogP contribution in [0.1, 0.15) is 34.3 Å². The molecule has 214 valence electrons. The lowest BCUT2D eigenvalue weighted by Gasteiger charge is -2.28. The van der Waals surface area contributed by atoms with E-state index >= 15 is 0 Å². The molecule has 1 aliphatic heterocycles. The third-order valence-electron chi connectivity index (χ3n) is 6.71. The number of amides is 1. The molecule has 40 heavy (non-hydrogen) atoms. The maximum absolute atomic E-state index is 12.4. The second-order valence-corrected chi connectivity index (χ2v) is 9.38. The summed E-state index contributed by atoms with van der Waals surface area (Å²) in [7, 11) is 3.32. The Bertz CT molecular complexity index is 1180. The van der Waals surface area contributed by atoms with E-state index in [-0.39, 0.29) is 25.5 Å². The van der Waals surface area contributed by atoms with Gasteiger partial charge in [-0.15, -0.1) is 0 Å². The van der Waals surface area contributed by atoms with Crippen LogP contribution in [0.4, 0.5) is 5.69 Å². The molecule has 0 aliphatic carbocycles. The number of nitrogens with zero attached hydrogens (tertiary/aromatic N) is 4. The lowest BCUT2D eigenvalue weighted by atomic mass is 10.0. The average Bonchev–Trinajstić information content (AvgIpc) is 3.00. The van der Waals surface area contributed by atoms with Gasteiger partial charge in [0.15, 0.2) is 6.29 Å². The fourth-order valence-corrected chi connectivity index (χ4v) is 4.45. The lowest BCUT2D eigenvalue weighted by Crippen LogP contribution is -2.43. The molecule has 1 heterocycles. The molecule has 0 saturated carbocycles. The number of hydrogen-bond acceptors (Lipinski definition) is 10.